The second kappa shape index (κ2) is 6.48. The van der Waals surface area contributed by atoms with E-state index in [1.807, 2.05) is 24.3 Å². The summed E-state index contributed by atoms with van der Waals surface area (Å²) in [6.45, 7) is 0. The summed E-state index contributed by atoms with van der Waals surface area (Å²) >= 11 is 10.1. The summed E-state index contributed by atoms with van der Waals surface area (Å²) in [5.41, 5.74) is 7.73. The molecule has 19 heavy (non-hydrogen) atoms. The van der Waals surface area contributed by atoms with Crippen LogP contribution in [0.4, 0.5) is 4.39 Å². The monoisotopic (exact) mass is 449 g/mol. The lowest BCUT2D eigenvalue weighted by Crippen LogP contribution is -2.14. The van der Waals surface area contributed by atoms with Gasteiger partial charge in [0.1, 0.15) is 5.82 Å². The highest BCUT2D eigenvalue weighted by molar-refractivity contribution is 9.11. The van der Waals surface area contributed by atoms with Crippen LogP contribution in [0.1, 0.15) is 17.2 Å². The standard InChI is InChI=1S/C14H11Br3FN/c15-10-2-1-8(13(18)7-10)5-14(19)9-3-11(16)6-12(17)4-9/h1-4,6-7,14H,5,19H2. The van der Waals surface area contributed by atoms with Crippen LogP contribution in [-0.2, 0) is 6.42 Å². The van der Waals surface area contributed by atoms with Crippen LogP contribution in [-0.4, -0.2) is 0 Å². The van der Waals surface area contributed by atoms with Gasteiger partial charge in [-0.25, -0.2) is 4.39 Å². The number of nitrogens with two attached hydrogens (primary N) is 1. The van der Waals surface area contributed by atoms with Gasteiger partial charge in [0.15, 0.2) is 0 Å². The lowest BCUT2D eigenvalue weighted by atomic mass is 9.99. The van der Waals surface area contributed by atoms with E-state index in [0.29, 0.717) is 12.0 Å². The summed E-state index contributed by atoms with van der Waals surface area (Å²) < 4.78 is 16.4. The molecule has 1 nitrogen and oxygen atoms in total. The zero-order valence-corrected chi connectivity index (χ0v) is 14.6. The highest BCUT2D eigenvalue weighted by Gasteiger charge is 2.12. The van der Waals surface area contributed by atoms with Crippen LogP contribution in [0.2, 0.25) is 0 Å². The summed E-state index contributed by atoms with van der Waals surface area (Å²) in [6.07, 6.45) is 0.460. The van der Waals surface area contributed by atoms with Crippen molar-refractivity contribution in [3.63, 3.8) is 0 Å². The smallest absolute Gasteiger partial charge is 0.127 e. The van der Waals surface area contributed by atoms with Crippen molar-refractivity contribution < 1.29 is 4.39 Å². The average molecular weight is 452 g/mol. The molecule has 0 spiro atoms. The van der Waals surface area contributed by atoms with Gasteiger partial charge in [-0.2, -0.15) is 0 Å². The summed E-state index contributed by atoms with van der Waals surface area (Å²) in [6, 6.07) is 10.6. The van der Waals surface area contributed by atoms with E-state index in [2.05, 4.69) is 47.8 Å². The minimum Gasteiger partial charge on any atom is -0.324 e. The van der Waals surface area contributed by atoms with E-state index < -0.39 is 0 Å². The number of halogens is 4. The first kappa shape index (κ1) is 15.2. The third-order valence-electron chi connectivity index (χ3n) is 2.77. The second-order valence-corrected chi connectivity index (χ2v) is 7.00. The Labute approximate surface area is 136 Å². The van der Waals surface area contributed by atoms with E-state index in [9.17, 15) is 4.39 Å². The highest BCUT2D eigenvalue weighted by Crippen LogP contribution is 2.26. The predicted molar refractivity (Wildman–Crippen MR) is 86.6 cm³/mol. The molecule has 2 aromatic carbocycles. The Kier molecular flexibility index (Phi) is 5.17. The minimum atomic E-state index is -0.246. The summed E-state index contributed by atoms with van der Waals surface area (Å²) in [5.74, 6) is -0.237. The predicted octanol–water partition coefficient (Wildman–Crippen LogP) is 5.36. The van der Waals surface area contributed by atoms with E-state index in [0.717, 1.165) is 19.0 Å². The van der Waals surface area contributed by atoms with Gasteiger partial charge in [-0.05, 0) is 47.9 Å². The fourth-order valence-electron chi connectivity index (χ4n) is 1.83. The van der Waals surface area contributed by atoms with Crippen LogP contribution in [0, 0.1) is 5.82 Å². The molecule has 0 aromatic heterocycles. The van der Waals surface area contributed by atoms with Crippen molar-refractivity contribution in [2.45, 2.75) is 12.5 Å². The van der Waals surface area contributed by atoms with Gasteiger partial charge < -0.3 is 5.73 Å². The van der Waals surface area contributed by atoms with Gasteiger partial charge in [0.05, 0.1) is 0 Å². The average Bonchev–Trinajstić information content (AvgIpc) is 2.31. The van der Waals surface area contributed by atoms with E-state index >= 15 is 0 Å². The van der Waals surface area contributed by atoms with Gasteiger partial charge in [0.2, 0.25) is 0 Å². The summed E-state index contributed by atoms with van der Waals surface area (Å²) in [4.78, 5) is 0. The molecular weight excluding hydrogens is 441 g/mol. The van der Waals surface area contributed by atoms with Crippen molar-refractivity contribution in [3.8, 4) is 0 Å². The molecule has 0 bridgehead atoms. The number of rotatable bonds is 3. The molecule has 100 valence electrons. The van der Waals surface area contributed by atoms with Gasteiger partial charge in [-0.15, -0.1) is 0 Å². The molecule has 1 atom stereocenters. The van der Waals surface area contributed by atoms with Crippen LogP contribution >= 0.6 is 47.8 Å². The fraction of sp³-hybridized carbons (Fsp3) is 0.143. The number of hydrogen-bond acceptors (Lipinski definition) is 1. The molecule has 0 radical (unpaired) electrons. The van der Waals surface area contributed by atoms with Gasteiger partial charge in [-0.3, -0.25) is 0 Å². The van der Waals surface area contributed by atoms with Crippen LogP contribution in [0.3, 0.4) is 0 Å². The maximum atomic E-state index is 13.8. The lowest BCUT2D eigenvalue weighted by Gasteiger charge is -2.14. The molecule has 2 N–H and O–H groups in total. The van der Waals surface area contributed by atoms with Crippen LogP contribution in [0.25, 0.3) is 0 Å². The Balaban J connectivity index is 2.22. The zero-order chi connectivity index (χ0) is 14.0. The molecule has 0 aliphatic carbocycles. The molecule has 2 aromatic rings. The van der Waals surface area contributed by atoms with Crippen LogP contribution in [0.15, 0.2) is 49.8 Å². The van der Waals surface area contributed by atoms with E-state index in [1.165, 1.54) is 6.07 Å². The van der Waals surface area contributed by atoms with Gasteiger partial charge in [0, 0.05) is 19.5 Å². The van der Waals surface area contributed by atoms with E-state index in [1.54, 1.807) is 6.07 Å². The molecule has 2 rings (SSSR count). The lowest BCUT2D eigenvalue weighted by molar-refractivity contribution is 0.592. The Morgan fingerprint density at radius 1 is 0.947 bits per heavy atom. The number of benzene rings is 2. The van der Waals surface area contributed by atoms with Crippen molar-refractivity contribution in [2.75, 3.05) is 0 Å². The quantitative estimate of drug-likeness (QED) is 0.668. The molecule has 0 aliphatic heterocycles. The Morgan fingerprint density at radius 3 is 2.16 bits per heavy atom. The van der Waals surface area contributed by atoms with Gasteiger partial charge in [-0.1, -0.05) is 53.9 Å². The molecule has 0 saturated carbocycles. The third-order valence-corrected chi connectivity index (χ3v) is 4.18. The van der Waals surface area contributed by atoms with E-state index in [4.69, 9.17) is 5.73 Å². The molecular formula is C14H11Br3FN. The fourth-order valence-corrected chi connectivity index (χ4v) is 3.49. The van der Waals surface area contributed by atoms with Gasteiger partial charge in [0.25, 0.3) is 0 Å². The minimum absolute atomic E-state index is 0.237. The summed E-state index contributed by atoms with van der Waals surface area (Å²) in [7, 11) is 0. The molecule has 5 heteroatoms. The van der Waals surface area contributed by atoms with Crippen LogP contribution < -0.4 is 5.73 Å². The first-order chi connectivity index (χ1) is 8.95. The highest BCUT2D eigenvalue weighted by atomic mass is 79.9. The second-order valence-electron chi connectivity index (χ2n) is 4.25. The first-order valence-electron chi connectivity index (χ1n) is 5.61. The van der Waals surface area contributed by atoms with Crippen molar-refractivity contribution in [2.24, 2.45) is 5.73 Å². The topological polar surface area (TPSA) is 26.0 Å². The van der Waals surface area contributed by atoms with E-state index in [-0.39, 0.29) is 11.9 Å². The molecule has 0 aliphatic rings. The van der Waals surface area contributed by atoms with Crippen LogP contribution in [0.5, 0.6) is 0 Å². The Bertz CT molecular complexity index is 581. The molecule has 0 amide bonds. The third kappa shape index (κ3) is 4.12. The summed E-state index contributed by atoms with van der Waals surface area (Å²) in [5, 5.41) is 0. The maximum Gasteiger partial charge on any atom is 0.127 e. The van der Waals surface area contributed by atoms with Crippen molar-refractivity contribution in [1.82, 2.24) is 0 Å². The Hall–Kier alpha value is -0.230. The zero-order valence-electron chi connectivity index (χ0n) is 9.84. The maximum absolute atomic E-state index is 13.8. The number of hydrogen-bond donors (Lipinski definition) is 1. The van der Waals surface area contributed by atoms with Gasteiger partial charge >= 0.3 is 0 Å². The van der Waals surface area contributed by atoms with Crippen molar-refractivity contribution in [1.29, 1.82) is 0 Å². The van der Waals surface area contributed by atoms with Crippen molar-refractivity contribution >= 4 is 47.8 Å². The normalized spacial score (nSPS) is 12.5. The molecule has 0 heterocycles. The molecule has 0 fully saturated rings. The molecule has 0 saturated heterocycles. The first-order valence-corrected chi connectivity index (χ1v) is 7.99. The molecule has 1 unspecified atom stereocenters. The SMILES string of the molecule is NC(Cc1ccc(Br)cc1F)c1cc(Br)cc(Br)c1. The van der Waals surface area contributed by atoms with Crippen molar-refractivity contribution in [3.05, 3.63) is 66.8 Å². The Morgan fingerprint density at radius 2 is 1.58 bits per heavy atom. The largest absolute Gasteiger partial charge is 0.324 e.